The van der Waals surface area contributed by atoms with Crippen LogP contribution in [-0.2, 0) is 11.2 Å². The second kappa shape index (κ2) is 7.18. The van der Waals surface area contributed by atoms with Gasteiger partial charge in [-0.2, -0.15) is 0 Å². The van der Waals surface area contributed by atoms with E-state index < -0.39 is 12.1 Å². The molecule has 0 radical (unpaired) electrons. The van der Waals surface area contributed by atoms with Crippen LogP contribution < -0.4 is 9.47 Å². The molecule has 0 saturated carbocycles. The van der Waals surface area contributed by atoms with Crippen molar-refractivity contribution in [3.8, 4) is 11.5 Å². The van der Waals surface area contributed by atoms with Crippen LogP contribution in [0.3, 0.4) is 0 Å². The molecule has 0 fully saturated rings. The van der Waals surface area contributed by atoms with E-state index in [1.165, 1.54) is 0 Å². The fourth-order valence-electron chi connectivity index (χ4n) is 2.47. The average molecular weight is 314 g/mol. The average Bonchev–Trinajstić information content (AvgIpc) is 2.51. The number of methoxy groups -OCH3 is 1. The highest BCUT2D eigenvalue weighted by Gasteiger charge is 2.21. The molecule has 0 aromatic heterocycles. The second-order valence-electron chi connectivity index (χ2n) is 5.71. The topological polar surface area (TPSA) is 55.8 Å². The number of carboxylic acid groups (broad SMARTS) is 1. The highest BCUT2D eigenvalue weighted by Crippen LogP contribution is 2.25. The van der Waals surface area contributed by atoms with E-state index in [0.29, 0.717) is 11.5 Å². The Morgan fingerprint density at radius 2 is 1.91 bits per heavy atom. The molecule has 0 aliphatic carbocycles. The number of rotatable bonds is 6. The maximum absolute atomic E-state index is 11.6. The van der Waals surface area contributed by atoms with E-state index in [1.807, 2.05) is 51.1 Å². The summed E-state index contributed by atoms with van der Waals surface area (Å²) in [5.41, 5.74) is 3.96. The van der Waals surface area contributed by atoms with Gasteiger partial charge in [0, 0.05) is 6.42 Å². The van der Waals surface area contributed by atoms with Crippen molar-refractivity contribution in [3.05, 3.63) is 58.7 Å². The zero-order chi connectivity index (χ0) is 17.0. The van der Waals surface area contributed by atoms with Gasteiger partial charge in [-0.1, -0.05) is 18.2 Å². The predicted octanol–water partition coefficient (Wildman–Crippen LogP) is 3.70. The number of carbonyl (C=O) groups is 1. The zero-order valence-corrected chi connectivity index (χ0v) is 13.9. The molecule has 2 rings (SSSR count). The number of benzene rings is 2. The summed E-state index contributed by atoms with van der Waals surface area (Å²) in [5, 5.41) is 9.50. The fraction of sp³-hybridized carbons (Fsp3) is 0.316. The van der Waals surface area contributed by atoms with Gasteiger partial charge in [0.2, 0.25) is 0 Å². The summed E-state index contributed by atoms with van der Waals surface area (Å²) in [7, 11) is 1.59. The third kappa shape index (κ3) is 4.25. The summed E-state index contributed by atoms with van der Waals surface area (Å²) in [5.74, 6) is 0.346. The molecule has 1 N–H and O–H groups in total. The molecule has 2 aromatic carbocycles. The molecule has 122 valence electrons. The Balaban J connectivity index is 2.24. The van der Waals surface area contributed by atoms with E-state index in [4.69, 9.17) is 9.47 Å². The molecule has 23 heavy (non-hydrogen) atoms. The minimum absolute atomic E-state index is 0.277. The molecule has 0 bridgehead atoms. The smallest absolute Gasteiger partial charge is 0.345 e. The molecule has 2 aromatic rings. The van der Waals surface area contributed by atoms with Crippen LogP contribution >= 0.6 is 0 Å². The minimum atomic E-state index is -0.980. The van der Waals surface area contributed by atoms with Gasteiger partial charge in [-0.3, -0.25) is 0 Å². The quantitative estimate of drug-likeness (QED) is 0.883. The van der Waals surface area contributed by atoms with Crippen LogP contribution in [0.4, 0.5) is 0 Å². The van der Waals surface area contributed by atoms with Crippen molar-refractivity contribution in [1.29, 1.82) is 0 Å². The van der Waals surface area contributed by atoms with Crippen molar-refractivity contribution in [2.24, 2.45) is 0 Å². The first-order valence-electron chi connectivity index (χ1n) is 7.51. The molecular weight excluding hydrogens is 292 g/mol. The minimum Gasteiger partial charge on any atom is -0.497 e. The maximum atomic E-state index is 11.6. The van der Waals surface area contributed by atoms with E-state index in [9.17, 15) is 9.90 Å². The van der Waals surface area contributed by atoms with E-state index in [0.717, 1.165) is 22.3 Å². The molecule has 0 aliphatic rings. The summed E-state index contributed by atoms with van der Waals surface area (Å²) >= 11 is 0. The number of aliphatic carboxylic acids is 1. The molecule has 0 amide bonds. The van der Waals surface area contributed by atoms with Crippen molar-refractivity contribution < 1.29 is 19.4 Å². The summed E-state index contributed by atoms with van der Waals surface area (Å²) < 4.78 is 11.0. The lowest BCUT2D eigenvalue weighted by molar-refractivity contribution is -0.145. The van der Waals surface area contributed by atoms with Crippen LogP contribution in [0.5, 0.6) is 11.5 Å². The van der Waals surface area contributed by atoms with Gasteiger partial charge in [0.25, 0.3) is 0 Å². The van der Waals surface area contributed by atoms with Gasteiger partial charge in [-0.25, -0.2) is 4.79 Å². The molecule has 4 heteroatoms. The summed E-state index contributed by atoms with van der Waals surface area (Å²) in [6, 6.07) is 11.3. The van der Waals surface area contributed by atoms with Gasteiger partial charge >= 0.3 is 5.97 Å². The lowest BCUT2D eigenvalue weighted by Crippen LogP contribution is -2.29. The van der Waals surface area contributed by atoms with Crippen LogP contribution in [0.25, 0.3) is 0 Å². The van der Waals surface area contributed by atoms with Crippen molar-refractivity contribution in [2.75, 3.05) is 7.11 Å². The van der Waals surface area contributed by atoms with Crippen molar-refractivity contribution in [3.63, 3.8) is 0 Å². The standard InChI is InChI=1S/C19H22O4/c1-12-8-13(2)14(3)17(9-12)23-18(19(20)21)11-15-6-5-7-16(10-15)22-4/h5-10,18H,11H2,1-4H3,(H,20,21)/t18-/m0/s1. The van der Waals surface area contributed by atoms with E-state index in [2.05, 4.69) is 6.07 Å². The number of carboxylic acids is 1. The number of aryl methyl sites for hydroxylation is 2. The third-order valence-corrected chi connectivity index (χ3v) is 3.86. The number of hydrogen-bond donors (Lipinski definition) is 1. The van der Waals surface area contributed by atoms with Crippen molar-refractivity contribution in [1.82, 2.24) is 0 Å². The Morgan fingerprint density at radius 1 is 1.17 bits per heavy atom. The first-order chi connectivity index (χ1) is 10.9. The molecule has 0 saturated heterocycles. The lowest BCUT2D eigenvalue weighted by atomic mass is 10.0. The SMILES string of the molecule is COc1cccc(C[C@H](Oc2cc(C)cc(C)c2C)C(=O)O)c1. The predicted molar refractivity (Wildman–Crippen MR) is 89.4 cm³/mol. The molecule has 0 unspecified atom stereocenters. The Hall–Kier alpha value is -2.49. The third-order valence-electron chi connectivity index (χ3n) is 3.86. The van der Waals surface area contributed by atoms with Crippen LogP contribution in [0.1, 0.15) is 22.3 Å². The summed E-state index contributed by atoms with van der Waals surface area (Å²) in [6.45, 7) is 5.90. The van der Waals surface area contributed by atoms with Crippen LogP contribution in [0, 0.1) is 20.8 Å². The first kappa shape index (κ1) is 16.9. The van der Waals surface area contributed by atoms with Crippen LogP contribution in [-0.4, -0.2) is 24.3 Å². The van der Waals surface area contributed by atoms with Gasteiger partial charge in [-0.15, -0.1) is 0 Å². The van der Waals surface area contributed by atoms with Crippen LogP contribution in [0.2, 0.25) is 0 Å². The van der Waals surface area contributed by atoms with E-state index in [1.54, 1.807) is 7.11 Å². The highest BCUT2D eigenvalue weighted by molar-refractivity contribution is 5.73. The largest absolute Gasteiger partial charge is 0.497 e. The Labute approximate surface area is 136 Å². The second-order valence-corrected chi connectivity index (χ2v) is 5.71. The van der Waals surface area contributed by atoms with Gasteiger partial charge in [0.05, 0.1) is 7.11 Å². The van der Waals surface area contributed by atoms with E-state index in [-0.39, 0.29) is 6.42 Å². The Kier molecular flexibility index (Phi) is 5.27. The summed E-state index contributed by atoms with van der Waals surface area (Å²) in [4.78, 5) is 11.6. The monoisotopic (exact) mass is 314 g/mol. The molecule has 0 heterocycles. The highest BCUT2D eigenvalue weighted by atomic mass is 16.5. The molecule has 0 spiro atoms. The Morgan fingerprint density at radius 3 is 2.57 bits per heavy atom. The van der Waals surface area contributed by atoms with Gasteiger partial charge < -0.3 is 14.6 Å². The van der Waals surface area contributed by atoms with Gasteiger partial charge in [-0.05, 0) is 61.2 Å². The first-order valence-corrected chi connectivity index (χ1v) is 7.51. The molecular formula is C19H22O4. The van der Waals surface area contributed by atoms with Gasteiger partial charge in [0.1, 0.15) is 11.5 Å². The summed E-state index contributed by atoms with van der Waals surface area (Å²) in [6.07, 6.45) is -0.666. The molecule has 4 nitrogen and oxygen atoms in total. The number of hydrogen-bond acceptors (Lipinski definition) is 3. The van der Waals surface area contributed by atoms with E-state index >= 15 is 0 Å². The maximum Gasteiger partial charge on any atom is 0.345 e. The molecule has 1 atom stereocenters. The normalized spacial score (nSPS) is 11.8. The van der Waals surface area contributed by atoms with Gasteiger partial charge in [0.15, 0.2) is 6.10 Å². The zero-order valence-electron chi connectivity index (χ0n) is 13.9. The van der Waals surface area contributed by atoms with Crippen molar-refractivity contribution in [2.45, 2.75) is 33.3 Å². The lowest BCUT2D eigenvalue weighted by Gasteiger charge is -2.18. The Bertz CT molecular complexity index is 707. The molecule has 0 aliphatic heterocycles. The van der Waals surface area contributed by atoms with Crippen molar-refractivity contribution >= 4 is 5.97 Å². The van der Waals surface area contributed by atoms with Crippen LogP contribution in [0.15, 0.2) is 36.4 Å². The number of ether oxygens (including phenoxy) is 2. The fourth-order valence-corrected chi connectivity index (χ4v) is 2.47.